The Kier molecular flexibility index (Phi) is 5.86. The van der Waals surface area contributed by atoms with Crippen molar-refractivity contribution >= 4 is 44.8 Å². The number of sulfone groups is 1. The summed E-state index contributed by atoms with van der Waals surface area (Å²) in [6.07, 6.45) is -0.146. The minimum atomic E-state index is -3.65. The van der Waals surface area contributed by atoms with Crippen LogP contribution in [0.5, 0.6) is 0 Å². The van der Waals surface area contributed by atoms with Gasteiger partial charge >= 0.3 is 0 Å². The molecule has 27 heavy (non-hydrogen) atoms. The molecule has 6 nitrogen and oxygen atoms in total. The Bertz CT molecular complexity index is 959. The van der Waals surface area contributed by atoms with Crippen LogP contribution in [0.1, 0.15) is 13.3 Å². The Hall–Kier alpha value is -2.32. The summed E-state index contributed by atoms with van der Waals surface area (Å²) in [6, 6.07) is 13.6. The van der Waals surface area contributed by atoms with E-state index in [9.17, 15) is 18.0 Å². The molecule has 0 radical (unpaired) electrons. The topological polar surface area (TPSA) is 92.3 Å². The monoisotopic (exact) mass is 404 g/mol. The number of benzene rings is 2. The maximum Gasteiger partial charge on any atom is 0.228 e. The minimum Gasteiger partial charge on any atom is -0.326 e. The van der Waals surface area contributed by atoms with Gasteiger partial charge in [0.2, 0.25) is 11.8 Å². The first kappa shape index (κ1) is 19.4. The fourth-order valence-electron chi connectivity index (χ4n) is 2.56. The van der Waals surface area contributed by atoms with Crippen LogP contribution < -0.4 is 10.6 Å². The maximum absolute atomic E-state index is 12.6. The van der Waals surface area contributed by atoms with E-state index in [1.54, 1.807) is 30.3 Å². The summed E-state index contributed by atoms with van der Waals surface area (Å²) < 4.78 is 25.2. The van der Waals surface area contributed by atoms with Gasteiger partial charge in [0.1, 0.15) is 0 Å². The van der Waals surface area contributed by atoms with E-state index in [1.807, 2.05) is 13.0 Å². The predicted molar refractivity (Wildman–Crippen MR) is 107 cm³/mol. The Morgan fingerprint density at radius 3 is 2.70 bits per heavy atom. The van der Waals surface area contributed by atoms with Crippen molar-refractivity contribution in [1.29, 1.82) is 0 Å². The maximum atomic E-state index is 12.6. The second kappa shape index (κ2) is 8.14. The first-order valence-electron chi connectivity index (χ1n) is 8.50. The zero-order valence-electron chi connectivity index (χ0n) is 14.8. The van der Waals surface area contributed by atoms with Gasteiger partial charge in [-0.05, 0) is 30.3 Å². The molecule has 1 aliphatic rings. The smallest absolute Gasteiger partial charge is 0.228 e. The van der Waals surface area contributed by atoms with E-state index in [4.69, 9.17) is 0 Å². The number of fused-ring (bicyclic) bond motifs is 1. The highest BCUT2D eigenvalue weighted by Gasteiger charge is 2.23. The van der Waals surface area contributed by atoms with Crippen molar-refractivity contribution in [3.63, 3.8) is 0 Å². The highest BCUT2D eigenvalue weighted by atomic mass is 32.2. The van der Waals surface area contributed by atoms with Crippen LogP contribution in [-0.4, -0.2) is 31.7 Å². The molecule has 0 spiro atoms. The third-order valence-corrected chi connectivity index (χ3v) is 7.21. The van der Waals surface area contributed by atoms with Gasteiger partial charge in [-0.25, -0.2) is 8.42 Å². The van der Waals surface area contributed by atoms with Crippen LogP contribution in [-0.2, 0) is 19.4 Å². The van der Waals surface area contributed by atoms with Gasteiger partial charge < -0.3 is 10.6 Å². The van der Waals surface area contributed by atoms with Crippen LogP contribution in [0, 0.1) is 5.92 Å². The highest BCUT2D eigenvalue weighted by molar-refractivity contribution is 7.99. The number of hydrogen-bond donors (Lipinski definition) is 2. The molecular weight excluding hydrogens is 384 g/mol. The molecule has 2 aromatic carbocycles. The van der Waals surface area contributed by atoms with Crippen LogP contribution in [0.4, 0.5) is 11.4 Å². The van der Waals surface area contributed by atoms with Crippen molar-refractivity contribution in [2.75, 3.05) is 22.1 Å². The molecule has 2 N–H and O–H groups in total. The molecule has 0 bridgehead atoms. The van der Waals surface area contributed by atoms with Gasteiger partial charge in [0.25, 0.3) is 0 Å². The van der Waals surface area contributed by atoms with Crippen molar-refractivity contribution in [2.45, 2.75) is 23.1 Å². The molecule has 1 atom stereocenters. The second-order valence-corrected chi connectivity index (χ2v) is 9.51. The van der Waals surface area contributed by atoms with Gasteiger partial charge in [-0.15, -0.1) is 11.8 Å². The van der Waals surface area contributed by atoms with Crippen LogP contribution in [0.15, 0.2) is 58.3 Å². The number of carbonyl (C=O) groups excluding carboxylic acids is 2. The molecular formula is C19H20N2O4S2. The van der Waals surface area contributed by atoms with Gasteiger partial charge in [-0.2, -0.15) is 0 Å². The highest BCUT2D eigenvalue weighted by Crippen LogP contribution is 2.34. The molecule has 8 heteroatoms. The molecule has 1 aliphatic heterocycles. The summed E-state index contributed by atoms with van der Waals surface area (Å²) in [6.45, 7) is 1.83. The molecule has 1 heterocycles. The van der Waals surface area contributed by atoms with Crippen molar-refractivity contribution < 1.29 is 18.0 Å². The first-order valence-corrected chi connectivity index (χ1v) is 11.1. The number of amides is 2. The van der Waals surface area contributed by atoms with E-state index in [0.29, 0.717) is 17.1 Å². The Balaban J connectivity index is 1.69. The van der Waals surface area contributed by atoms with Gasteiger partial charge in [0.15, 0.2) is 9.84 Å². The minimum absolute atomic E-state index is 0.101. The van der Waals surface area contributed by atoms with E-state index in [2.05, 4.69) is 10.6 Å². The van der Waals surface area contributed by atoms with Gasteiger partial charge in [0, 0.05) is 28.7 Å². The van der Waals surface area contributed by atoms with Gasteiger partial charge in [0.05, 0.1) is 16.3 Å². The van der Waals surface area contributed by atoms with Crippen molar-refractivity contribution in [3.05, 3.63) is 48.5 Å². The predicted octanol–water partition coefficient (Wildman–Crippen LogP) is 3.17. The third kappa shape index (κ3) is 4.90. The van der Waals surface area contributed by atoms with Crippen LogP contribution in [0.2, 0.25) is 0 Å². The number of nitrogens with one attached hydrogen (secondary N) is 2. The fraction of sp³-hybridized carbons (Fsp3) is 0.263. The molecule has 0 fully saturated rings. The molecule has 0 saturated carbocycles. The van der Waals surface area contributed by atoms with Crippen LogP contribution in [0.25, 0.3) is 0 Å². The van der Waals surface area contributed by atoms with Gasteiger partial charge in [-0.1, -0.05) is 25.1 Å². The number of hydrogen-bond acceptors (Lipinski definition) is 5. The van der Waals surface area contributed by atoms with E-state index < -0.39 is 9.84 Å². The summed E-state index contributed by atoms with van der Waals surface area (Å²) in [5.41, 5.74) is 1.13. The van der Waals surface area contributed by atoms with E-state index in [-0.39, 0.29) is 34.8 Å². The second-order valence-electron chi connectivity index (χ2n) is 6.34. The lowest BCUT2D eigenvalue weighted by molar-refractivity contribution is -0.118. The Labute approximate surface area is 162 Å². The number of para-hydroxylation sites is 1. The summed E-state index contributed by atoms with van der Waals surface area (Å²) >= 11 is 1.52. The summed E-state index contributed by atoms with van der Waals surface area (Å²) in [5.74, 6) is -0.300. The first-order chi connectivity index (χ1) is 12.8. The number of carbonyl (C=O) groups is 2. The summed E-state index contributed by atoms with van der Waals surface area (Å²) in [5, 5.41) is 5.45. The molecule has 0 unspecified atom stereocenters. The molecule has 2 aromatic rings. The average molecular weight is 405 g/mol. The summed E-state index contributed by atoms with van der Waals surface area (Å²) in [4.78, 5) is 25.0. The molecule has 0 aromatic heterocycles. The van der Waals surface area contributed by atoms with Crippen LogP contribution >= 0.6 is 11.8 Å². The van der Waals surface area contributed by atoms with Gasteiger partial charge in [-0.3, -0.25) is 9.59 Å². The number of anilines is 2. The van der Waals surface area contributed by atoms with Crippen molar-refractivity contribution in [1.82, 2.24) is 0 Å². The lowest BCUT2D eigenvalue weighted by Gasteiger charge is -2.10. The zero-order valence-corrected chi connectivity index (χ0v) is 16.4. The lowest BCUT2D eigenvalue weighted by Crippen LogP contribution is -2.20. The largest absolute Gasteiger partial charge is 0.326 e. The fourth-order valence-corrected chi connectivity index (χ4v) is 4.84. The molecule has 3 rings (SSSR count). The molecule has 142 valence electrons. The van der Waals surface area contributed by atoms with Crippen molar-refractivity contribution in [2.24, 2.45) is 5.92 Å². The number of thioether (sulfide) groups is 1. The molecule has 2 amide bonds. The quantitative estimate of drug-likeness (QED) is 0.799. The standard InChI is InChI=1S/C19H20N2O4S2/c1-13-12-26-17-8-7-15(11-16(17)21-19(13)23)27(24,25)10-9-18(22)20-14-5-3-2-4-6-14/h2-8,11,13H,9-10,12H2,1H3,(H,20,22)(H,21,23)/t13-/m0/s1. The zero-order chi connectivity index (χ0) is 19.4. The Morgan fingerprint density at radius 1 is 1.22 bits per heavy atom. The van der Waals surface area contributed by atoms with E-state index >= 15 is 0 Å². The van der Waals surface area contributed by atoms with Crippen molar-refractivity contribution in [3.8, 4) is 0 Å². The third-order valence-electron chi connectivity index (χ3n) is 4.16. The van der Waals surface area contributed by atoms with Crippen LogP contribution in [0.3, 0.4) is 0 Å². The normalized spacial score (nSPS) is 16.8. The SMILES string of the molecule is C[C@H]1CSc2ccc(S(=O)(=O)CCC(=O)Nc3ccccc3)cc2NC1=O. The number of rotatable bonds is 5. The molecule has 0 aliphatic carbocycles. The molecule has 0 saturated heterocycles. The summed E-state index contributed by atoms with van der Waals surface area (Å²) in [7, 11) is -3.65. The Morgan fingerprint density at radius 2 is 1.96 bits per heavy atom. The lowest BCUT2D eigenvalue weighted by atomic mass is 10.2. The van der Waals surface area contributed by atoms with E-state index in [0.717, 1.165) is 4.90 Å². The van der Waals surface area contributed by atoms with E-state index in [1.165, 1.54) is 23.9 Å². The average Bonchev–Trinajstić information content (AvgIpc) is 2.79.